The van der Waals surface area contributed by atoms with Gasteiger partial charge in [0.1, 0.15) is 0 Å². The van der Waals surface area contributed by atoms with Crippen molar-refractivity contribution in [2.24, 2.45) is 5.92 Å². The van der Waals surface area contributed by atoms with Gasteiger partial charge >= 0.3 is 0 Å². The van der Waals surface area contributed by atoms with E-state index in [1.165, 1.54) is 0 Å². The molecule has 4 N–H and O–H groups in total. The van der Waals surface area contributed by atoms with Crippen LogP contribution in [0.4, 0.5) is 17.1 Å². The maximum atomic E-state index is 15.2. The zero-order chi connectivity index (χ0) is 38.6. The smallest absolute Gasteiger partial charge is 0.264 e. The molecule has 3 saturated heterocycles. The molecule has 0 aliphatic carbocycles. The van der Waals surface area contributed by atoms with Crippen molar-refractivity contribution in [1.29, 1.82) is 0 Å². The van der Waals surface area contributed by atoms with Crippen LogP contribution in [0.15, 0.2) is 66.7 Å². The van der Waals surface area contributed by atoms with Gasteiger partial charge in [-0.25, -0.2) is 0 Å². The number of hydrogen-bond donors (Lipinski definition) is 4. The predicted octanol–water partition coefficient (Wildman–Crippen LogP) is 2.24. The summed E-state index contributed by atoms with van der Waals surface area (Å²) in [7, 11) is -3.10. The molecule has 0 aromatic heterocycles. The Morgan fingerprint density at radius 1 is 0.909 bits per heavy atom. The van der Waals surface area contributed by atoms with Crippen LogP contribution in [0.3, 0.4) is 0 Å². The van der Waals surface area contributed by atoms with Crippen LogP contribution < -0.4 is 25.3 Å². The van der Waals surface area contributed by atoms with Gasteiger partial charge in [0, 0.05) is 61.1 Å². The van der Waals surface area contributed by atoms with E-state index in [9.17, 15) is 24.3 Å². The predicted molar refractivity (Wildman–Crippen MR) is 210 cm³/mol. The summed E-state index contributed by atoms with van der Waals surface area (Å²) in [6.45, 7) is 8.91. The van der Waals surface area contributed by atoms with E-state index < -0.39 is 37.5 Å². The quantitative estimate of drug-likeness (QED) is 0.253. The number of aliphatic hydroxyl groups is 1. The van der Waals surface area contributed by atoms with Crippen molar-refractivity contribution in [2.45, 2.75) is 69.2 Å². The fourth-order valence-electron chi connectivity index (χ4n) is 9.64. The highest BCUT2D eigenvalue weighted by Crippen LogP contribution is 2.60. The van der Waals surface area contributed by atoms with Crippen molar-refractivity contribution < 1.29 is 33.8 Å². The molecule has 4 amide bonds. The second-order valence-corrected chi connectivity index (χ2v) is 20.1. The lowest BCUT2D eigenvalue weighted by Gasteiger charge is -2.37. The molecule has 5 aliphatic heterocycles. The number of rotatable bonds is 8. The number of fused-ring (bicyclic) bond motifs is 3. The van der Waals surface area contributed by atoms with Crippen LogP contribution in [-0.2, 0) is 49.0 Å². The fraction of sp³-hybridized carbons (Fsp3) is 0.463. The summed E-state index contributed by atoms with van der Waals surface area (Å²) in [6.07, 6.45) is -0.297. The molecule has 5 atom stereocenters. The van der Waals surface area contributed by atoms with Gasteiger partial charge in [0.15, 0.2) is 13.9 Å². The molecule has 3 fully saturated rings. The van der Waals surface area contributed by atoms with Crippen molar-refractivity contribution in [3.8, 4) is 0 Å². The van der Waals surface area contributed by atoms with Gasteiger partial charge in [0.05, 0.1) is 50.5 Å². The SMILES string of the molecule is C[C@@H]1[C@@H]([Si](C)(C)O)[C@H](CC(=O)N2Cc3ccccc3C[C@H]2CO)O[C@@]12C(=O)N(Cc1ccc(N3CCNCC3=O)cc1)c1ccc(N3CCNCC3=O)cc12. The van der Waals surface area contributed by atoms with E-state index in [4.69, 9.17) is 4.74 Å². The Labute approximate surface area is 322 Å². The molecular weight excluding hydrogens is 717 g/mol. The first-order valence-electron chi connectivity index (χ1n) is 19.4. The minimum atomic E-state index is -3.10. The molecule has 3 aromatic carbocycles. The third-order valence-corrected chi connectivity index (χ3v) is 14.8. The normalized spacial score (nSPS) is 26.9. The highest BCUT2D eigenvalue weighted by atomic mass is 28.4. The molecule has 8 rings (SSSR count). The zero-order valence-corrected chi connectivity index (χ0v) is 32.7. The second-order valence-electron chi connectivity index (χ2n) is 16.1. The maximum Gasteiger partial charge on any atom is 0.264 e. The third-order valence-electron chi connectivity index (χ3n) is 12.3. The van der Waals surface area contributed by atoms with Gasteiger partial charge in [0.2, 0.25) is 17.7 Å². The van der Waals surface area contributed by atoms with Crippen LogP contribution in [0.5, 0.6) is 0 Å². The number of anilines is 3. The van der Waals surface area contributed by atoms with Crippen molar-refractivity contribution >= 4 is 49.0 Å². The van der Waals surface area contributed by atoms with Gasteiger partial charge in [-0.3, -0.25) is 19.2 Å². The van der Waals surface area contributed by atoms with Crippen LogP contribution in [0.2, 0.25) is 18.6 Å². The van der Waals surface area contributed by atoms with Gasteiger partial charge in [0.25, 0.3) is 5.91 Å². The van der Waals surface area contributed by atoms with Gasteiger partial charge in [-0.2, -0.15) is 0 Å². The summed E-state index contributed by atoms with van der Waals surface area (Å²) in [5, 5.41) is 16.6. The van der Waals surface area contributed by atoms with E-state index in [-0.39, 0.29) is 56.3 Å². The molecule has 5 heterocycles. The first-order valence-corrected chi connectivity index (χ1v) is 22.4. The molecule has 0 bridgehead atoms. The summed E-state index contributed by atoms with van der Waals surface area (Å²) in [4.78, 5) is 74.0. The van der Waals surface area contributed by atoms with Crippen LogP contribution in [-0.4, -0.2) is 105 Å². The monoisotopic (exact) mass is 766 g/mol. The number of hydrogen-bond acceptors (Lipinski definition) is 9. The Balaban J connectivity index is 1.15. The second kappa shape index (κ2) is 14.6. The molecule has 5 aliphatic rings. The third kappa shape index (κ3) is 6.58. The van der Waals surface area contributed by atoms with Crippen LogP contribution in [0.1, 0.15) is 35.6 Å². The molecule has 3 aromatic rings. The van der Waals surface area contributed by atoms with E-state index >= 15 is 4.79 Å². The minimum absolute atomic E-state index is 0.00524. The van der Waals surface area contributed by atoms with Gasteiger partial charge in [-0.1, -0.05) is 43.3 Å². The van der Waals surface area contributed by atoms with E-state index in [2.05, 4.69) is 10.6 Å². The Morgan fingerprint density at radius 3 is 2.18 bits per heavy atom. The Morgan fingerprint density at radius 2 is 1.55 bits per heavy atom. The van der Waals surface area contributed by atoms with Gasteiger partial charge in [-0.05, 0) is 66.5 Å². The fourth-order valence-corrected chi connectivity index (χ4v) is 12.2. The van der Waals surface area contributed by atoms with Crippen molar-refractivity contribution in [3.63, 3.8) is 0 Å². The van der Waals surface area contributed by atoms with E-state index in [1.54, 1.807) is 19.6 Å². The number of carbonyl (C=O) groups excluding carboxylic acids is 4. The number of amides is 4. The number of piperazine rings is 2. The average Bonchev–Trinajstić information content (AvgIpc) is 3.60. The zero-order valence-electron chi connectivity index (χ0n) is 31.7. The molecule has 13 nitrogen and oxygen atoms in total. The first-order chi connectivity index (χ1) is 26.4. The first kappa shape index (κ1) is 37.5. The van der Waals surface area contributed by atoms with Crippen LogP contribution in [0.25, 0.3) is 0 Å². The number of nitrogens with one attached hydrogen (secondary N) is 2. The van der Waals surface area contributed by atoms with E-state index in [0.717, 1.165) is 22.4 Å². The number of nitrogens with zero attached hydrogens (tertiary/aromatic N) is 4. The number of aliphatic hydroxyl groups excluding tert-OH is 1. The van der Waals surface area contributed by atoms with E-state index in [0.29, 0.717) is 56.1 Å². The molecule has 55 heavy (non-hydrogen) atoms. The van der Waals surface area contributed by atoms with Gasteiger partial charge < -0.3 is 44.9 Å². The molecule has 14 heteroatoms. The van der Waals surface area contributed by atoms with Crippen molar-refractivity contribution in [3.05, 3.63) is 89.0 Å². The summed E-state index contributed by atoms with van der Waals surface area (Å²) in [5.41, 5.74) is 3.71. The number of carbonyl (C=O) groups is 4. The van der Waals surface area contributed by atoms with E-state index in [1.807, 2.05) is 86.7 Å². The standard InChI is InChI=1S/C41H50N6O7Si/c1-26-39(55(2,3)53)35(20-36(49)46-24-29-7-5-4-6-28(29)18-32(46)25-48)54-41(26)33-19-31(45-17-15-43-22-38(45)51)12-13-34(33)47(40(41)52)23-27-8-10-30(11-9-27)44-16-14-42-21-37(44)50/h4-13,19,26,32,35,39,42-43,48,53H,14-18,20-25H2,1-3H3/t26-,32+,35+,39-,41+/m1/s1. The topological polar surface area (TPSA) is 155 Å². The Bertz CT molecular complexity index is 2010. The van der Waals surface area contributed by atoms with Crippen LogP contribution >= 0.6 is 0 Å². The lowest BCUT2D eigenvalue weighted by molar-refractivity contribution is -0.151. The molecular formula is C41H50N6O7Si. The highest BCUT2D eigenvalue weighted by Gasteiger charge is 2.66. The number of ether oxygens (including phenoxy) is 1. The number of benzene rings is 3. The molecule has 0 saturated carbocycles. The summed E-state index contributed by atoms with van der Waals surface area (Å²) in [6, 6.07) is 20.8. The molecule has 0 radical (unpaired) electrons. The molecule has 0 unspecified atom stereocenters. The summed E-state index contributed by atoms with van der Waals surface area (Å²) >= 11 is 0. The lowest BCUT2D eigenvalue weighted by atomic mass is 9.82. The minimum Gasteiger partial charge on any atom is -0.432 e. The van der Waals surface area contributed by atoms with Crippen molar-refractivity contribution in [1.82, 2.24) is 15.5 Å². The van der Waals surface area contributed by atoms with Gasteiger partial charge in [-0.15, -0.1) is 0 Å². The van der Waals surface area contributed by atoms with Crippen molar-refractivity contribution in [2.75, 3.05) is 60.6 Å². The summed E-state index contributed by atoms with van der Waals surface area (Å²) < 4.78 is 7.05. The Hall–Kier alpha value is -4.44. The highest BCUT2D eigenvalue weighted by molar-refractivity contribution is 6.71. The largest absolute Gasteiger partial charge is 0.432 e. The molecule has 290 valence electrons. The van der Waals surface area contributed by atoms with Crippen LogP contribution in [0, 0.1) is 5.92 Å². The maximum absolute atomic E-state index is 15.2. The lowest BCUT2D eigenvalue weighted by Crippen LogP contribution is -2.48. The Kier molecular flexibility index (Phi) is 9.93. The molecule has 1 spiro atoms. The average molecular weight is 767 g/mol. The summed E-state index contributed by atoms with van der Waals surface area (Å²) in [5.74, 6) is -1.06.